The number of rotatable bonds is 2. The van der Waals surface area contributed by atoms with Crippen LogP contribution in [0.4, 0.5) is 0 Å². The maximum atomic E-state index is 11.0. The van der Waals surface area contributed by atoms with Crippen molar-refractivity contribution in [2.24, 2.45) is 0 Å². The Morgan fingerprint density at radius 2 is 1.80 bits per heavy atom. The summed E-state index contributed by atoms with van der Waals surface area (Å²) in [7, 11) is 0. The molecule has 0 aromatic heterocycles. The molecule has 2 fully saturated rings. The average Bonchev–Trinajstić information content (AvgIpc) is 2.66. The van der Waals surface area contributed by atoms with Gasteiger partial charge in [-0.25, -0.2) is 0 Å². The number of carbonyl (C=O) groups is 2. The van der Waals surface area contributed by atoms with Gasteiger partial charge in [-0.05, 0) is 13.3 Å². The van der Waals surface area contributed by atoms with Crippen LogP contribution >= 0.6 is 0 Å². The molecule has 5 nitrogen and oxygen atoms in total. The number of fused-ring (bicyclic) bond motifs is 1. The van der Waals surface area contributed by atoms with Crippen LogP contribution in [0.5, 0.6) is 0 Å². The number of hydrogen-bond acceptors (Lipinski definition) is 5. The number of ether oxygens (including phenoxy) is 3. The van der Waals surface area contributed by atoms with Crippen molar-refractivity contribution in [3.8, 4) is 0 Å². The molecule has 0 amide bonds. The molecule has 2 aliphatic rings. The van der Waals surface area contributed by atoms with Crippen LogP contribution in [0.3, 0.4) is 0 Å². The van der Waals surface area contributed by atoms with Gasteiger partial charge in [0.05, 0.1) is 6.10 Å². The first-order chi connectivity index (χ1) is 6.90. The van der Waals surface area contributed by atoms with Gasteiger partial charge in [-0.3, -0.25) is 9.59 Å². The Balaban J connectivity index is 2.23. The van der Waals surface area contributed by atoms with Crippen LogP contribution in [0.2, 0.25) is 0 Å². The first-order valence-electron chi connectivity index (χ1n) is 4.97. The highest BCUT2D eigenvalue weighted by atomic mass is 16.8. The summed E-state index contributed by atoms with van der Waals surface area (Å²) in [6, 6.07) is 0. The van der Waals surface area contributed by atoms with E-state index in [2.05, 4.69) is 0 Å². The monoisotopic (exact) mass is 214 g/mol. The molecule has 0 aromatic carbocycles. The SMILES string of the molecule is CC(=O)OC1(OC(C)=O)CCC2OC21C. The molecular weight excluding hydrogens is 200 g/mol. The third-order valence-electron chi connectivity index (χ3n) is 3.05. The Labute approximate surface area is 87.7 Å². The molecule has 0 spiro atoms. The summed E-state index contributed by atoms with van der Waals surface area (Å²) >= 11 is 0. The van der Waals surface area contributed by atoms with E-state index in [4.69, 9.17) is 14.2 Å². The molecule has 0 radical (unpaired) electrons. The maximum Gasteiger partial charge on any atom is 0.306 e. The van der Waals surface area contributed by atoms with Crippen LogP contribution in [-0.2, 0) is 23.8 Å². The highest BCUT2D eigenvalue weighted by Crippen LogP contribution is 2.58. The fourth-order valence-electron chi connectivity index (χ4n) is 2.29. The molecule has 1 saturated heterocycles. The Hall–Kier alpha value is -1.10. The van der Waals surface area contributed by atoms with E-state index < -0.39 is 23.3 Å². The topological polar surface area (TPSA) is 65.1 Å². The van der Waals surface area contributed by atoms with Gasteiger partial charge in [0, 0.05) is 20.3 Å². The molecule has 0 aromatic rings. The first-order valence-corrected chi connectivity index (χ1v) is 4.97. The fraction of sp³-hybridized carbons (Fsp3) is 0.800. The van der Waals surface area contributed by atoms with E-state index in [0.29, 0.717) is 6.42 Å². The molecule has 2 rings (SSSR count). The standard InChI is InChI=1S/C10H14O5/c1-6(11)13-10(14-7(2)12)5-4-8-9(10,3)15-8/h8H,4-5H2,1-3H3. The zero-order valence-electron chi connectivity index (χ0n) is 9.03. The van der Waals surface area contributed by atoms with Crippen molar-refractivity contribution in [1.82, 2.24) is 0 Å². The lowest BCUT2D eigenvalue weighted by molar-refractivity contribution is -0.247. The fourth-order valence-corrected chi connectivity index (χ4v) is 2.29. The van der Waals surface area contributed by atoms with Crippen LogP contribution in [0, 0.1) is 0 Å². The van der Waals surface area contributed by atoms with Crippen LogP contribution in [0.25, 0.3) is 0 Å². The molecule has 1 aliphatic carbocycles. The number of esters is 2. The van der Waals surface area contributed by atoms with Gasteiger partial charge in [0.1, 0.15) is 0 Å². The van der Waals surface area contributed by atoms with E-state index in [-0.39, 0.29) is 6.10 Å². The molecule has 2 unspecified atom stereocenters. The first kappa shape index (κ1) is 10.4. The zero-order chi connectivity index (χ0) is 11.3. The highest BCUT2D eigenvalue weighted by molar-refractivity contribution is 5.69. The number of epoxide rings is 1. The Morgan fingerprint density at radius 3 is 2.07 bits per heavy atom. The van der Waals surface area contributed by atoms with Gasteiger partial charge >= 0.3 is 11.9 Å². The Bertz CT molecular complexity index is 306. The molecule has 0 N–H and O–H groups in total. The van der Waals surface area contributed by atoms with Gasteiger partial charge in [0.2, 0.25) is 0 Å². The van der Waals surface area contributed by atoms with E-state index in [0.717, 1.165) is 6.42 Å². The summed E-state index contributed by atoms with van der Waals surface area (Å²) in [6.45, 7) is 4.39. The van der Waals surface area contributed by atoms with E-state index in [9.17, 15) is 9.59 Å². The Morgan fingerprint density at radius 1 is 1.27 bits per heavy atom. The summed E-state index contributed by atoms with van der Waals surface area (Å²) in [5.74, 6) is -2.14. The van der Waals surface area contributed by atoms with Gasteiger partial charge in [0.25, 0.3) is 5.79 Å². The minimum atomic E-state index is -1.21. The third kappa shape index (κ3) is 1.42. The molecule has 15 heavy (non-hydrogen) atoms. The molecule has 1 aliphatic heterocycles. The number of hydrogen-bond donors (Lipinski definition) is 0. The van der Waals surface area contributed by atoms with Gasteiger partial charge < -0.3 is 14.2 Å². The maximum absolute atomic E-state index is 11.0. The van der Waals surface area contributed by atoms with Gasteiger partial charge in [-0.15, -0.1) is 0 Å². The van der Waals surface area contributed by atoms with E-state index in [1.807, 2.05) is 0 Å². The molecule has 2 atom stereocenters. The van der Waals surface area contributed by atoms with Crippen LogP contribution in [0.15, 0.2) is 0 Å². The van der Waals surface area contributed by atoms with Crippen molar-refractivity contribution < 1.29 is 23.8 Å². The summed E-state index contributed by atoms with van der Waals surface area (Å²) < 4.78 is 15.7. The second-order valence-corrected chi connectivity index (χ2v) is 4.19. The largest absolute Gasteiger partial charge is 0.419 e. The van der Waals surface area contributed by atoms with Crippen molar-refractivity contribution >= 4 is 11.9 Å². The van der Waals surface area contributed by atoms with Crippen LogP contribution in [0.1, 0.15) is 33.6 Å². The van der Waals surface area contributed by atoms with Crippen molar-refractivity contribution in [3.63, 3.8) is 0 Å². The minimum absolute atomic E-state index is 0.0381. The van der Waals surface area contributed by atoms with Gasteiger partial charge in [-0.2, -0.15) is 0 Å². The quantitative estimate of drug-likeness (QED) is 0.385. The normalized spacial score (nSPS) is 35.5. The second kappa shape index (κ2) is 2.95. The third-order valence-corrected chi connectivity index (χ3v) is 3.05. The van der Waals surface area contributed by atoms with Crippen molar-refractivity contribution in [2.75, 3.05) is 0 Å². The molecular formula is C10H14O5. The van der Waals surface area contributed by atoms with E-state index in [1.165, 1.54) is 13.8 Å². The van der Waals surface area contributed by atoms with Gasteiger partial charge in [0.15, 0.2) is 5.60 Å². The highest BCUT2D eigenvalue weighted by Gasteiger charge is 2.75. The second-order valence-electron chi connectivity index (χ2n) is 4.19. The molecule has 1 heterocycles. The molecule has 5 heteroatoms. The summed E-state index contributed by atoms with van der Waals surface area (Å²) in [5, 5.41) is 0. The zero-order valence-corrected chi connectivity index (χ0v) is 9.03. The van der Waals surface area contributed by atoms with Crippen LogP contribution < -0.4 is 0 Å². The molecule has 1 saturated carbocycles. The summed E-state index contributed by atoms with van der Waals surface area (Å²) in [6.07, 6.45) is 1.29. The number of carbonyl (C=O) groups excluding carboxylic acids is 2. The van der Waals surface area contributed by atoms with Gasteiger partial charge in [-0.1, -0.05) is 0 Å². The predicted octanol–water partition coefficient (Wildman–Crippen LogP) is 0.760. The lowest BCUT2D eigenvalue weighted by Gasteiger charge is -2.32. The Kier molecular flexibility index (Phi) is 2.05. The molecule has 84 valence electrons. The van der Waals surface area contributed by atoms with Crippen molar-refractivity contribution in [3.05, 3.63) is 0 Å². The van der Waals surface area contributed by atoms with Crippen LogP contribution in [-0.4, -0.2) is 29.4 Å². The summed E-state index contributed by atoms with van der Waals surface area (Å²) in [5.41, 5.74) is -0.648. The minimum Gasteiger partial charge on any atom is -0.419 e. The van der Waals surface area contributed by atoms with Crippen molar-refractivity contribution in [2.45, 2.75) is 51.1 Å². The van der Waals surface area contributed by atoms with E-state index in [1.54, 1.807) is 6.92 Å². The average molecular weight is 214 g/mol. The smallest absolute Gasteiger partial charge is 0.306 e. The lowest BCUT2D eigenvalue weighted by Crippen LogP contribution is -2.48. The van der Waals surface area contributed by atoms with E-state index >= 15 is 0 Å². The summed E-state index contributed by atoms with van der Waals surface area (Å²) in [4.78, 5) is 22.0. The predicted molar refractivity (Wildman–Crippen MR) is 48.8 cm³/mol. The molecule has 0 bridgehead atoms. The van der Waals surface area contributed by atoms with Crippen molar-refractivity contribution in [1.29, 1.82) is 0 Å². The lowest BCUT2D eigenvalue weighted by atomic mass is 10.0.